The van der Waals surface area contributed by atoms with Gasteiger partial charge in [-0.25, -0.2) is 0 Å². The van der Waals surface area contributed by atoms with Gasteiger partial charge in [0.25, 0.3) is 0 Å². The van der Waals surface area contributed by atoms with Crippen LogP contribution in [0.15, 0.2) is 109 Å². The average Bonchev–Trinajstić information content (AvgIpc) is 3.28. The Hall–Kier alpha value is -5.36. The molecule has 0 saturated carbocycles. The summed E-state index contributed by atoms with van der Waals surface area (Å²) in [4.78, 5) is 0. The maximum absolute atomic E-state index is 5.76. The molecule has 0 N–H and O–H groups in total. The smallest absolute Gasteiger partial charge is 0.122 e. The van der Waals surface area contributed by atoms with Gasteiger partial charge in [-0.3, -0.25) is 0 Å². The van der Waals surface area contributed by atoms with E-state index in [1.165, 1.54) is 50.2 Å². The average molecular weight is 813 g/mol. The summed E-state index contributed by atoms with van der Waals surface area (Å²) >= 11 is 0. The molecule has 60 heavy (non-hydrogen) atoms. The van der Waals surface area contributed by atoms with Gasteiger partial charge < -0.3 is 28.4 Å². The van der Waals surface area contributed by atoms with Crippen LogP contribution >= 0.6 is 0 Å². The van der Waals surface area contributed by atoms with Crippen LogP contribution in [-0.2, 0) is 25.7 Å². The Morgan fingerprint density at radius 1 is 0.400 bits per heavy atom. The summed E-state index contributed by atoms with van der Waals surface area (Å²) < 4.78 is 33.4. The largest absolute Gasteiger partial charge is 0.497 e. The molecule has 4 atom stereocenters. The van der Waals surface area contributed by atoms with E-state index in [1.807, 2.05) is 24.3 Å². The number of ether oxygens (including phenoxy) is 6. The zero-order valence-corrected chi connectivity index (χ0v) is 37.8. The molecule has 0 aromatic heterocycles. The summed E-state index contributed by atoms with van der Waals surface area (Å²) in [5, 5.41) is 5.19. The molecule has 0 spiro atoms. The highest BCUT2D eigenvalue weighted by molar-refractivity contribution is 5.88. The molecule has 6 nitrogen and oxygen atoms in total. The number of methoxy groups -OCH3 is 6. The lowest BCUT2D eigenvalue weighted by atomic mass is 9.83. The Bertz CT molecular complexity index is 2240. The molecule has 0 aliphatic carbocycles. The molecule has 0 fully saturated rings. The van der Waals surface area contributed by atoms with Crippen LogP contribution in [0.1, 0.15) is 75.6 Å². The monoisotopic (exact) mass is 813 g/mol. The Balaban J connectivity index is 0.000000230. The minimum atomic E-state index is 0.530. The fraction of sp³-hybridized carbons (Fsp3) is 0.407. The van der Waals surface area contributed by atoms with E-state index in [4.69, 9.17) is 28.4 Å². The van der Waals surface area contributed by atoms with Crippen LogP contribution in [0.3, 0.4) is 0 Å². The van der Waals surface area contributed by atoms with Crippen LogP contribution in [0.2, 0.25) is 0 Å². The first-order valence-corrected chi connectivity index (χ1v) is 21.7. The van der Waals surface area contributed by atoms with E-state index in [-0.39, 0.29) is 0 Å². The second-order valence-electron chi connectivity index (χ2n) is 16.3. The van der Waals surface area contributed by atoms with E-state index in [2.05, 4.69) is 113 Å². The molecule has 6 aromatic carbocycles. The van der Waals surface area contributed by atoms with Crippen LogP contribution < -0.4 is 28.4 Å². The highest BCUT2D eigenvalue weighted by Gasteiger charge is 2.20. The molecule has 6 rings (SSSR count). The van der Waals surface area contributed by atoms with Crippen LogP contribution in [0, 0.1) is 23.7 Å². The summed E-state index contributed by atoms with van der Waals surface area (Å²) in [6.07, 6.45) is 8.60. The third kappa shape index (κ3) is 11.9. The number of hydrogen-bond acceptors (Lipinski definition) is 6. The summed E-state index contributed by atoms with van der Waals surface area (Å²) in [6.45, 7) is 9.26. The Kier molecular flexibility index (Phi) is 17.4. The quantitative estimate of drug-likeness (QED) is 0.0765. The molecule has 0 radical (unpaired) electrons. The van der Waals surface area contributed by atoms with Crippen molar-refractivity contribution in [2.24, 2.45) is 23.7 Å². The highest BCUT2D eigenvalue weighted by atomic mass is 16.5. The first-order chi connectivity index (χ1) is 29.2. The normalized spacial score (nSPS) is 13.1. The third-order valence-corrected chi connectivity index (χ3v) is 12.2. The van der Waals surface area contributed by atoms with Crippen molar-refractivity contribution < 1.29 is 28.4 Å². The molecule has 0 bridgehead atoms. The van der Waals surface area contributed by atoms with E-state index in [1.54, 1.807) is 42.7 Å². The predicted octanol–water partition coefficient (Wildman–Crippen LogP) is 13.4. The van der Waals surface area contributed by atoms with Gasteiger partial charge in [0.2, 0.25) is 0 Å². The zero-order chi connectivity index (χ0) is 43.0. The van der Waals surface area contributed by atoms with Gasteiger partial charge in [0.15, 0.2) is 0 Å². The van der Waals surface area contributed by atoms with Gasteiger partial charge in [-0.2, -0.15) is 0 Å². The second-order valence-corrected chi connectivity index (χ2v) is 16.3. The number of fused-ring (bicyclic) bond motifs is 2. The van der Waals surface area contributed by atoms with Gasteiger partial charge in [0.05, 0.1) is 42.7 Å². The number of hydrogen-bond donors (Lipinski definition) is 0. The van der Waals surface area contributed by atoms with Crippen molar-refractivity contribution in [1.82, 2.24) is 0 Å². The summed E-state index contributed by atoms with van der Waals surface area (Å²) in [5.74, 6) is 7.87. The first-order valence-electron chi connectivity index (χ1n) is 21.7. The van der Waals surface area contributed by atoms with E-state index in [0.717, 1.165) is 79.4 Å². The third-order valence-electron chi connectivity index (χ3n) is 12.2. The van der Waals surface area contributed by atoms with E-state index in [0.29, 0.717) is 23.7 Å². The topological polar surface area (TPSA) is 55.4 Å². The molecule has 0 saturated heterocycles. The first kappa shape index (κ1) is 45.7. The minimum absolute atomic E-state index is 0.530. The summed E-state index contributed by atoms with van der Waals surface area (Å²) in [6, 6.07) is 37.9. The molecule has 2 unspecified atom stereocenters. The number of benzene rings is 6. The van der Waals surface area contributed by atoms with Gasteiger partial charge in [-0.1, -0.05) is 101 Å². The summed E-state index contributed by atoms with van der Waals surface area (Å²) in [5.41, 5.74) is 5.08. The van der Waals surface area contributed by atoms with Crippen molar-refractivity contribution >= 4 is 21.5 Å². The fourth-order valence-corrected chi connectivity index (χ4v) is 8.94. The minimum Gasteiger partial charge on any atom is -0.497 e. The molecule has 0 aliphatic rings. The number of rotatable bonds is 20. The van der Waals surface area contributed by atoms with E-state index in [9.17, 15) is 0 Å². The van der Waals surface area contributed by atoms with E-state index >= 15 is 0 Å². The second kappa shape index (κ2) is 22.9. The molecule has 6 heteroatoms. The molecule has 0 amide bonds. The van der Waals surface area contributed by atoms with Crippen molar-refractivity contribution in [2.75, 3.05) is 42.7 Å². The van der Waals surface area contributed by atoms with E-state index < -0.39 is 0 Å². The molecule has 0 heterocycles. The lowest BCUT2D eigenvalue weighted by Crippen LogP contribution is -2.12. The van der Waals surface area contributed by atoms with Crippen molar-refractivity contribution in [2.45, 2.75) is 79.1 Å². The molecule has 320 valence electrons. The summed E-state index contributed by atoms with van der Waals surface area (Å²) in [7, 11) is 10.4. The molecular weight excluding hydrogens is 745 g/mol. The zero-order valence-electron chi connectivity index (χ0n) is 37.8. The van der Waals surface area contributed by atoms with Gasteiger partial charge >= 0.3 is 0 Å². The SMILES string of the molecule is CCC(Cc1c(OC)ccc2ccccc12)C[C@@H](C)Cc1c(OC)ccc2ccccc12.CCC(Cc1cc(OC)ccc1OC)C[C@@H](C)Cc1cc(OC)ccc1OC. The fourth-order valence-electron chi connectivity index (χ4n) is 8.94. The van der Waals surface area contributed by atoms with Gasteiger partial charge in [0.1, 0.15) is 34.5 Å². The van der Waals surface area contributed by atoms with Crippen LogP contribution in [0.25, 0.3) is 21.5 Å². The Morgan fingerprint density at radius 3 is 1.25 bits per heavy atom. The highest BCUT2D eigenvalue weighted by Crippen LogP contribution is 2.36. The van der Waals surface area contributed by atoms with Gasteiger partial charge in [-0.05, 0) is 143 Å². The standard InChI is InChI=1S/C30H34O2.C24H34O4/c1-5-22(20-28-26-13-9-7-11-24(26)15-17-30(28)32-4)18-21(2)19-27-25-12-8-6-10-23(25)14-16-29(27)31-3;1-7-18(14-20-16-22(26-4)9-11-24(20)28-6)12-17(2)13-19-15-21(25-3)8-10-23(19)27-5/h6-17,21-22H,5,18-20H2,1-4H3;8-11,15-18H,7,12-14H2,1-6H3/t21-,22?;17-,18?/m11/s1. The molecule has 0 aliphatic heterocycles. The maximum Gasteiger partial charge on any atom is 0.122 e. The maximum atomic E-state index is 5.76. The van der Waals surface area contributed by atoms with Crippen LogP contribution in [0.4, 0.5) is 0 Å². The van der Waals surface area contributed by atoms with Crippen molar-refractivity contribution in [3.8, 4) is 34.5 Å². The molecule has 6 aromatic rings. The Morgan fingerprint density at radius 2 is 0.800 bits per heavy atom. The van der Waals surface area contributed by atoms with Gasteiger partial charge in [0, 0.05) is 11.1 Å². The van der Waals surface area contributed by atoms with Crippen molar-refractivity contribution in [3.63, 3.8) is 0 Å². The van der Waals surface area contributed by atoms with Gasteiger partial charge in [-0.15, -0.1) is 0 Å². The predicted molar refractivity (Wildman–Crippen MR) is 250 cm³/mol. The lowest BCUT2D eigenvalue weighted by Gasteiger charge is -2.23. The van der Waals surface area contributed by atoms with Crippen molar-refractivity contribution in [1.29, 1.82) is 0 Å². The van der Waals surface area contributed by atoms with Crippen LogP contribution in [0.5, 0.6) is 34.5 Å². The lowest BCUT2D eigenvalue weighted by molar-refractivity contribution is 0.355. The molecular formula is C54H68O6. The van der Waals surface area contributed by atoms with Crippen LogP contribution in [-0.4, -0.2) is 42.7 Å². The van der Waals surface area contributed by atoms with Crippen molar-refractivity contribution in [3.05, 3.63) is 131 Å². The Labute approximate surface area is 360 Å².